The first-order chi connectivity index (χ1) is 18.8. The number of benzene rings is 3. The van der Waals surface area contributed by atoms with Crippen LogP contribution in [0.15, 0.2) is 66.7 Å². The van der Waals surface area contributed by atoms with Crippen LogP contribution in [0.1, 0.15) is 60.2 Å². The van der Waals surface area contributed by atoms with Gasteiger partial charge in [-0.1, -0.05) is 56.3 Å². The number of aryl methyl sites for hydroxylation is 1. The Kier molecular flexibility index (Phi) is 10.4. The quantitative estimate of drug-likeness (QED) is 0.341. The molecule has 39 heavy (non-hydrogen) atoms. The van der Waals surface area contributed by atoms with E-state index in [1.54, 1.807) is 21.3 Å². The molecular formula is C31H37F3N2O3. The van der Waals surface area contributed by atoms with Crippen molar-refractivity contribution < 1.29 is 27.4 Å². The molecule has 0 unspecified atom stereocenters. The molecule has 8 heteroatoms. The van der Waals surface area contributed by atoms with Crippen molar-refractivity contribution in [3.8, 4) is 11.5 Å². The van der Waals surface area contributed by atoms with Crippen LogP contribution in [0.4, 0.5) is 13.2 Å². The Morgan fingerprint density at radius 1 is 1.00 bits per heavy atom. The summed E-state index contributed by atoms with van der Waals surface area (Å²) < 4.78 is 50.2. The third-order valence-electron chi connectivity index (χ3n) is 6.97. The van der Waals surface area contributed by atoms with Crippen LogP contribution < -0.4 is 14.8 Å². The third-order valence-corrected chi connectivity index (χ3v) is 6.97. The Morgan fingerprint density at radius 2 is 1.62 bits per heavy atom. The van der Waals surface area contributed by atoms with Gasteiger partial charge in [0, 0.05) is 19.6 Å². The van der Waals surface area contributed by atoms with E-state index in [0.717, 1.165) is 34.4 Å². The predicted molar refractivity (Wildman–Crippen MR) is 147 cm³/mol. The van der Waals surface area contributed by atoms with Crippen LogP contribution in [-0.2, 0) is 23.8 Å². The molecule has 0 bridgehead atoms. The summed E-state index contributed by atoms with van der Waals surface area (Å²) in [6, 6.07) is 18.2. The monoisotopic (exact) mass is 542 g/mol. The molecular weight excluding hydrogens is 505 g/mol. The number of ether oxygens (including phenoxy) is 2. The number of amides is 1. The van der Waals surface area contributed by atoms with E-state index >= 15 is 0 Å². The smallest absolute Gasteiger partial charge is 0.416 e. The summed E-state index contributed by atoms with van der Waals surface area (Å²) in [5.41, 5.74) is 3.15. The Morgan fingerprint density at radius 3 is 2.18 bits per heavy atom. The minimum Gasteiger partial charge on any atom is -0.493 e. The van der Waals surface area contributed by atoms with Gasteiger partial charge in [-0.25, -0.2) is 0 Å². The Hall–Kier alpha value is -3.52. The third kappa shape index (κ3) is 6.92. The lowest BCUT2D eigenvalue weighted by molar-refractivity contribution is -0.137. The Balaban J connectivity index is 0.00000205. The van der Waals surface area contributed by atoms with E-state index in [4.69, 9.17) is 9.47 Å². The first-order valence-electron chi connectivity index (χ1n) is 13.2. The number of hydrogen-bond acceptors (Lipinski definition) is 4. The maximum absolute atomic E-state index is 13.2. The second-order valence-corrected chi connectivity index (χ2v) is 9.07. The van der Waals surface area contributed by atoms with Gasteiger partial charge in [0.15, 0.2) is 11.5 Å². The normalized spacial score (nSPS) is 15.8. The zero-order valence-electron chi connectivity index (χ0n) is 23.1. The molecule has 5 nitrogen and oxygen atoms in total. The highest BCUT2D eigenvalue weighted by Gasteiger charge is 2.37. The topological polar surface area (TPSA) is 50.8 Å². The van der Waals surface area contributed by atoms with Gasteiger partial charge in [0.05, 0.1) is 19.8 Å². The van der Waals surface area contributed by atoms with E-state index in [-0.39, 0.29) is 11.9 Å². The van der Waals surface area contributed by atoms with Crippen LogP contribution in [0.3, 0.4) is 0 Å². The lowest BCUT2D eigenvalue weighted by atomic mass is 9.86. The summed E-state index contributed by atoms with van der Waals surface area (Å²) in [5.74, 6) is 1.12. The Labute approximate surface area is 228 Å². The van der Waals surface area contributed by atoms with Gasteiger partial charge in [-0.2, -0.15) is 13.2 Å². The number of likely N-dealkylation sites (N-methyl/N-ethyl adjacent to an activating group) is 1. The number of halogens is 3. The van der Waals surface area contributed by atoms with E-state index < -0.39 is 17.8 Å². The molecule has 0 saturated heterocycles. The molecule has 210 valence electrons. The number of alkyl halides is 3. The fraction of sp³-hybridized carbons (Fsp3) is 0.387. The molecule has 3 aromatic carbocycles. The molecule has 2 atom stereocenters. The van der Waals surface area contributed by atoms with Crippen molar-refractivity contribution in [3.63, 3.8) is 0 Å². The lowest BCUT2D eigenvalue weighted by Crippen LogP contribution is -2.44. The fourth-order valence-electron chi connectivity index (χ4n) is 5.11. The van der Waals surface area contributed by atoms with Gasteiger partial charge in [0.2, 0.25) is 5.91 Å². The summed E-state index contributed by atoms with van der Waals surface area (Å²) in [6.07, 6.45) is -2.51. The van der Waals surface area contributed by atoms with Gasteiger partial charge in [0.1, 0.15) is 6.04 Å². The Bertz CT molecular complexity index is 1210. The van der Waals surface area contributed by atoms with Gasteiger partial charge in [-0.05, 0) is 65.8 Å². The number of nitrogens with zero attached hydrogens (tertiary/aromatic N) is 1. The highest BCUT2D eigenvalue weighted by molar-refractivity contribution is 5.83. The van der Waals surface area contributed by atoms with Gasteiger partial charge < -0.3 is 14.8 Å². The van der Waals surface area contributed by atoms with Crippen molar-refractivity contribution in [3.05, 3.63) is 94.5 Å². The van der Waals surface area contributed by atoms with Gasteiger partial charge in [-0.3, -0.25) is 9.69 Å². The highest BCUT2D eigenvalue weighted by Crippen LogP contribution is 2.43. The highest BCUT2D eigenvalue weighted by atomic mass is 19.4. The van der Waals surface area contributed by atoms with Crippen molar-refractivity contribution in [1.82, 2.24) is 10.2 Å². The zero-order chi connectivity index (χ0) is 28.6. The zero-order valence-corrected chi connectivity index (χ0v) is 23.1. The van der Waals surface area contributed by atoms with Crippen LogP contribution in [0.5, 0.6) is 11.5 Å². The van der Waals surface area contributed by atoms with Crippen LogP contribution >= 0.6 is 0 Å². The number of carbonyl (C=O) groups is 1. The molecule has 1 aliphatic heterocycles. The number of rotatable bonds is 8. The van der Waals surface area contributed by atoms with Crippen LogP contribution in [0.25, 0.3) is 0 Å². The van der Waals surface area contributed by atoms with Crippen molar-refractivity contribution in [2.75, 3.05) is 27.8 Å². The molecule has 1 aliphatic rings. The van der Waals surface area contributed by atoms with Crippen LogP contribution in [0.2, 0.25) is 0 Å². The van der Waals surface area contributed by atoms with Gasteiger partial charge in [-0.15, -0.1) is 0 Å². The number of carbonyl (C=O) groups excluding carboxylic acids is 1. The molecule has 1 N–H and O–H groups in total. The maximum Gasteiger partial charge on any atom is 0.416 e. The predicted octanol–water partition coefficient (Wildman–Crippen LogP) is 6.77. The number of hydrogen-bond donors (Lipinski definition) is 1. The molecule has 4 rings (SSSR count). The molecule has 0 spiro atoms. The molecule has 0 aromatic heterocycles. The van der Waals surface area contributed by atoms with E-state index in [9.17, 15) is 18.0 Å². The second-order valence-electron chi connectivity index (χ2n) is 9.07. The summed E-state index contributed by atoms with van der Waals surface area (Å²) in [4.78, 5) is 15.4. The van der Waals surface area contributed by atoms with Crippen molar-refractivity contribution in [2.45, 2.75) is 51.4 Å². The SMILES string of the molecule is CC.CNC(=O)[C@@H](c1ccccc1)N1CCc2cc(OC)c(OC)cc2[C@@H]1CCc1ccc(C(F)(F)F)cc1. The minimum atomic E-state index is -4.37. The summed E-state index contributed by atoms with van der Waals surface area (Å²) >= 11 is 0. The van der Waals surface area contributed by atoms with Crippen molar-refractivity contribution in [2.24, 2.45) is 0 Å². The van der Waals surface area contributed by atoms with Crippen molar-refractivity contribution in [1.29, 1.82) is 0 Å². The molecule has 1 heterocycles. The molecule has 3 aromatic rings. The summed E-state index contributed by atoms with van der Waals surface area (Å²) in [7, 11) is 4.80. The van der Waals surface area contributed by atoms with Gasteiger partial charge in [0.25, 0.3) is 0 Å². The van der Waals surface area contributed by atoms with Crippen LogP contribution in [-0.4, -0.2) is 38.6 Å². The molecule has 0 radical (unpaired) electrons. The second kappa shape index (κ2) is 13.5. The molecule has 0 saturated carbocycles. The average molecular weight is 543 g/mol. The van der Waals surface area contributed by atoms with E-state index in [2.05, 4.69) is 10.2 Å². The number of methoxy groups -OCH3 is 2. The average Bonchev–Trinajstić information content (AvgIpc) is 2.97. The van der Waals surface area contributed by atoms with E-state index in [1.807, 2.05) is 56.3 Å². The number of nitrogens with one attached hydrogen (secondary N) is 1. The molecule has 1 amide bonds. The number of fused-ring (bicyclic) bond motifs is 1. The van der Waals surface area contributed by atoms with E-state index in [1.165, 1.54) is 12.1 Å². The first kappa shape index (κ1) is 30.0. The van der Waals surface area contributed by atoms with Gasteiger partial charge >= 0.3 is 6.18 Å². The largest absolute Gasteiger partial charge is 0.493 e. The van der Waals surface area contributed by atoms with Crippen molar-refractivity contribution >= 4 is 5.91 Å². The van der Waals surface area contributed by atoms with E-state index in [0.29, 0.717) is 37.3 Å². The van der Waals surface area contributed by atoms with Crippen LogP contribution in [0, 0.1) is 0 Å². The summed E-state index contributed by atoms with van der Waals surface area (Å²) in [5, 5.41) is 2.81. The molecule has 0 aliphatic carbocycles. The molecule has 0 fully saturated rings. The fourth-order valence-corrected chi connectivity index (χ4v) is 5.11. The lowest BCUT2D eigenvalue weighted by Gasteiger charge is -2.42. The first-order valence-corrected chi connectivity index (χ1v) is 13.2. The maximum atomic E-state index is 13.2. The minimum absolute atomic E-state index is 0.116. The summed E-state index contributed by atoms with van der Waals surface area (Å²) in [6.45, 7) is 4.63. The standard InChI is InChI=1S/C29H31F3N2O3.C2H6/c1-33-28(35)27(20-7-5-4-6-8-20)34-16-15-21-17-25(36-2)26(37-3)18-23(21)24(34)14-11-19-9-12-22(13-10-19)29(30,31)32;1-2/h4-10,12-13,17-18,24,27H,11,14-16H2,1-3H3,(H,33,35);1-2H3/t24-,27+;/m0./s1.